The molecule has 1 aromatic carbocycles. The van der Waals surface area contributed by atoms with Crippen molar-refractivity contribution >= 4 is 33.0 Å². The van der Waals surface area contributed by atoms with E-state index in [1.165, 1.54) is 16.9 Å². The first kappa shape index (κ1) is 11.6. The van der Waals surface area contributed by atoms with Crippen molar-refractivity contribution in [3.8, 4) is 0 Å². The van der Waals surface area contributed by atoms with Crippen LogP contribution < -0.4 is 0 Å². The number of thiophene rings is 1. The highest BCUT2D eigenvalue weighted by atomic mass is 79.9. The number of benzene rings is 1. The Morgan fingerprint density at radius 3 is 2.50 bits per heavy atom. The topological polar surface area (TPSA) is 17.1 Å². The number of halogens is 1. The lowest BCUT2D eigenvalue weighted by Gasteiger charge is -2.02. The number of ketones is 1. The summed E-state index contributed by atoms with van der Waals surface area (Å²) in [6.07, 6.45) is 0. The SMILES string of the molecule is Cc1ccc(C(=O)c2cc(Br)cs2)cc1C. The van der Waals surface area contributed by atoms with E-state index < -0.39 is 0 Å². The molecule has 3 heteroatoms. The summed E-state index contributed by atoms with van der Waals surface area (Å²) in [5.74, 6) is 0.0961. The van der Waals surface area contributed by atoms with Crippen molar-refractivity contribution in [3.63, 3.8) is 0 Å². The Morgan fingerprint density at radius 2 is 1.94 bits per heavy atom. The largest absolute Gasteiger partial charge is 0.288 e. The van der Waals surface area contributed by atoms with Crippen LogP contribution in [0.2, 0.25) is 0 Å². The third-order valence-electron chi connectivity index (χ3n) is 2.56. The molecule has 0 aliphatic rings. The number of carbonyl (C=O) groups is 1. The van der Waals surface area contributed by atoms with Crippen LogP contribution in [0.5, 0.6) is 0 Å². The third kappa shape index (κ3) is 2.25. The minimum Gasteiger partial charge on any atom is -0.288 e. The van der Waals surface area contributed by atoms with Crippen molar-refractivity contribution in [2.75, 3.05) is 0 Å². The molecule has 0 radical (unpaired) electrons. The predicted molar refractivity (Wildman–Crippen MR) is 71.4 cm³/mol. The lowest BCUT2D eigenvalue weighted by Crippen LogP contribution is -1.99. The fourth-order valence-corrected chi connectivity index (χ4v) is 2.85. The number of hydrogen-bond acceptors (Lipinski definition) is 2. The molecule has 16 heavy (non-hydrogen) atoms. The minimum absolute atomic E-state index is 0.0961. The first-order chi connectivity index (χ1) is 7.58. The van der Waals surface area contributed by atoms with Crippen LogP contribution >= 0.6 is 27.3 Å². The Morgan fingerprint density at radius 1 is 1.19 bits per heavy atom. The molecule has 0 saturated heterocycles. The van der Waals surface area contributed by atoms with Crippen LogP contribution in [0.1, 0.15) is 26.4 Å². The maximum atomic E-state index is 12.1. The maximum Gasteiger partial charge on any atom is 0.202 e. The summed E-state index contributed by atoms with van der Waals surface area (Å²) in [6.45, 7) is 4.07. The van der Waals surface area contributed by atoms with Crippen molar-refractivity contribution in [1.29, 1.82) is 0 Å². The zero-order valence-electron chi connectivity index (χ0n) is 9.08. The van der Waals surface area contributed by atoms with Crippen LogP contribution in [0, 0.1) is 13.8 Å². The van der Waals surface area contributed by atoms with Crippen LogP contribution in [-0.2, 0) is 0 Å². The van der Waals surface area contributed by atoms with Gasteiger partial charge in [0.15, 0.2) is 0 Å². The summed E-state index contributed by atoms with van der Waals surface area (Å²) in [5.41, 5.74) is 3.13. The van der Waals surface area contributed by atoms with E-state index in [9.17, 15) is 4.79 Å². The Bertz CT molecular complexity index is 543. The van der Waals surface area contributed by atoms with E-state index in [-0.39, 0.29) is 5.78 Å². The fraction of sp³-hybridized carbons (Fsp3) is 0.154. The van der Waals surface area contributed by atoms with E-state index in [0.717, 1.165) is 20.5 Å². The molecule has 0 saturated carbocycles. The van der Waals surface area contributed by atoms with Crippen molar-refractivity contribution in [2.45, 2.75) is 13.8 Å². The van der Waals surface area contributed by atoms with Crippen LogP contribution in [0.3, 0.4) is 0 Å². The highest BCUT2D eigenvalue weighted by Gasteiger charge is 2.11. The molecule has 0 amide bonds. The van der Waals surface area contributed by atoms with E-state index >= 15 is 0 Å². The molecule has 0 atom stereocenters. The van der Waals surface area contributed by atoms with Crippen molar-refractivity contribution < 1.29 is 4.79 Å². The van der Waals surface area contributed by atoms with Crippen LogP contribution in [0.25, 0.3) is 0 Å². The van der Waals surface area contributed by atoms with Crippen LogP contribution in [-0.4, -0.2) is 5.78 Å². The van der Waals surface area contributed by atoms with Gasteiger partial charge in [-0.05, 0) is 53.0 Å². The summed E-state index contributed by atoms with van der Waals surface area (Å²) in [7, 11) is 0. The number of rotatable bonds is 2. The Kier molecular flexibility index (Phi) is 3.26. The zero-order valence-corrected chi connectivity index (χ0v) is 11.5. The predicted octanol–water partition coefficient (Wildman–Crippen LogP) is 4.36. The summed E-state index contributed by atoms with van der Waals surface area (Å²) < 4.78 is 0.963. The average Bonchev–Trinajstić information content (AvgIpc) is 2.68. The molecule has 0 N–H and O–H groups in total. The van der Waals surface area contributed by atoms with Gasteiger partial charge in [0.25, 0.3) is 0 Å². The molecule has 0 bridgehead atoms. The molecular weight excluding hydrogens is 284 g/mol. The molecule has 1 aromatic heterocycles. The van der Waals surface area contributed by atoms with E-state index in [0.29, 0.717) is 0 Å². The van der Waals surface area contributed by atoms with Gasteiger partial charge >= 0.3 is 0 Å². The van der Waals surface area contributed by atoms with Crippen LogP contribution in [0.15, 0.2) is 34.1 Å². The lowest BCUT2D eigenvalue weighted by atomic mass is 10.0. The standard InChI is InChI=1S/C13H11BrOS/c1-8-3-4-10(5-9(8)2)13(15)12-6-11(14)7-16-12/h3-7H,1-2H3. The van der Waals surface area contributed by atoms with Crippen LogP contribution in [0.4, 0.5) is 0 Å². The number of carbonyl (C=O) groups excluding carboxylic acids is 1. The van der Waals surface area contributed by atoms with Crippen molar-refractivity contribution in [2.24, 2.45) is 0 Å². The highest BCUT2D eigenvalue weighted by molar-refractivity contribution is 9.10. The number of hydrogen-bond donors (Lipinski definition) is 0. The summed E-state index contributed by atoms with van der Waals surface area (Å²) in [4.78, 5) is 12.9. The zero-order chi connectivity index (χ0) is 11.7. The van der Waals surface area contributed by atoms with Crippen molar-refractivity contribution in [3.05, 3.63) is 55.7 Å². The third-order valence-corrected chi connectivity index (χ3v) is 4.25. The van der Waals surface area contributed by atoms with Gasteiger partial charge in [0.05, 0.1) is 4.88 Å². The smallest absolute Gasteiger partial charge is 0.202 e. The van der Waals surface area contributed by atoms with Gasteiger partial charge in [0, 0.05) is 15.4 Å². The van der Waals surface area contributed by atoms with Gasteiger partial charge in [0.1, 0.15) is 0 Å². The fourth-order valence-electron chi connectivity index (χ4n) is 1.46. The second kappa shape index (κ2) is 4.52. The van der Waals surface area contributed by atoms with Crippen molar-refractivity contribution in [1.82, 2.24) is 0 Å². The summed E-state index contributed by atoms with van der Waals surface area (Å²) in [5, 5.41) is 1.92. The van der Waals surface area contributed by atoms with Gasteiger partial charge in [-0.25, -0.2) is 0 Å². The van der Waals surface area contributed by atoms with E-state index in [4.69, 9.17) is 0 Å². The Balaban J connectivity index is 2.38. The van der Waals surface area contributed by atoms with Gasteiger partial charge in [-0.2, -0.15) is 0 Å². The summed E-state index contributed by atoms with van der Waals surface area (Å²) in [6, 6.07) is 7.69. The van der Waals surface area contributed by atoms with Gasteiger partial charge < -0.3 is 0 Å². The molecule has 0 spiro atoms. The van der Waals surface area contributed by atoms with E-state index in [1.807, 2.05) is 43.5 Å². The summed E-state index contributed by atoms with van der Waals surface area (Å²) >= 11 is 4.82. The van der Waals surface area contributed by atoms with E-state index in [2.05, 4.69) is 15.9 Å². The monoisotopic (exact) mass is 294 g/mol. The normalized spacial score (nSPS) is 10.4. The first-order valence-corrected chi connectivity index (χ1v) is 6.61. The molecule has 1 heterocycles. The van der Waals surface area contributed by atoms with Gasteiger partial charge in [-0.3, -0.25) is 4.79 Å². The lowest BCUT2D eigenvalue weighted by molar-refractivity contribution is 0.104. The van der Waals surface area contributed by atoms with Gasteiger partial charge in [-0.1, -0.05) is 12.1 Å². The second-order valence-corrected chi connectivity index (χ2v) is 5.58. The molecule has 0 aliphatic heterocycles. The van der Waals surface area contributed by atoms with Gasteiger partial charge in [-0.15, -0.1) is 11.3 Å². The second-order valence-electron chi connectivity index (χ2n) is 3.76. The van der Waals surface area contributed by atoms with E-state index in [1.54, 1.807) is 0 Å². The highest BCUT2D eigenvalue weighted by Crippen LogP contribution is 2.23. The first-order valence-electron chi connectivity index (χ1n) is 4.94. The minimum atomic E-state index is 0.0961. The number of aryl methyl sites for hydroxylation is 2. The van der Waals surface area contributed by atoms with Gasteiger partial charge in [0.2, 0.25) is 5.78 Å². The molecule has 0 aliphatic carbocycles. The maximum absolute atomic E-state index is 12.1. The molecular formula is C13H11BrOS. The molecule has 1 nitrogen and oxygen atoms in total. The molecule has 0 unspecified atom stereocenters. The Hall–Kier alpha value is -0.930. The Labute approximate surface area is 107 Å². The average molecular weight is 295 g/mol. The quantitative estimate of drug-likeness (QED) is 0.752. The molecule has 2 aromatic rings. The molecule has 0 fully saturated rings. The molecule has 82 valence electrons. The molecule has 2 rings (SSSR count).